The average molecular weight is 470 g/mol. The first-order valence-corrected chi connectivity index (χ1v) is 11.5. The molecule has 7 heteroatoms. The quantitative estimate of drug-likeness (QED) is 0.574. The van der Waals surface area contributed by atoms with Gasteiger partial charge in [-0.2, -0.15) is 0 Å². The summed E-state index contributed by atoms with van der Waals surface area (Å²) >= 11 is 5.98. The summed E-state index contributed by atoms with van der Waals surface area (Å²) in [6.45, 7) is 0. The topological polar surface area (TPSA) is 69.7 Å². The molecule has 0 saturated carbocycles. The highest BCUT2D eigenvalue weighted by Gasteiger charge is 2.64. The van der Waals surface area contributed by atoms with E-state index < -0.39 is 23.9 Å². The van der Waals surface area contributed by atoms with Crippen molar-refractivity contribution in [3.63, 3.8) is 0 Å². The van der Waals surface area contributed by atoms with E-state index in [0.717, 1.165) is 11.1 Å². The van der Waals surface area contributed by atoms with Crippen molar-refractivity contribution >= 4 is 46.8 Å². The number of nitrogens with zero attached hydrogens (tertiary/aromatic N) is 2. The van der Waals surface area contributed by atoms with Gasteiger partial charge in [-0.15, -0.1) is 0 Å². The molecule has 2 saturated heterocycles. The Hall–Kier alpha value is -3.90. The molecule has 6 nitrogen and oxygen atoms in total. The molecule has 168 valence electrons. The molecule has 0 spiro atoms. The van der Waals surface area contributed by atoms with Gasteiger partial charge in [-0.1, -0.05) is 54.1 Å². The summed E-state index contributed by atoms with van der Waals surface area (Å²) < 4.78 is 0. The van der Waals surface area contributed by atoms with E-state index in [1.807, 2.05) is 47.5 Å². The zero-order chi connectivity index (χ0) is 23.4. The molecule has 3 aliphatic heterocycles. The first-order chi connectivity index (χ1) is 16.5. The third kappa shape index (κ3) is 3.06. The minimum Gasteiger partial charge on any atom is -0.357 e. The Morgan fingerprint density at radius 1 is 0.824 bits per heavy atom. The number of para-hydroxylation sites is 1. The molecule has 6 rings (SSSR count). The van der Waals surface area contributed by atoms with Crippen molar-refractivity contribution in [1.29, 1.82) is 0 Å². The van der Waals surface area contributed by atoms with E-state index in [9.17, 15) is 14.4 Å². The van der Waals surface area contributed by atoms with E-state index in [1.165, 1.54) is 4.90 Å². The number of rotatable bonds is 3. The number of anilines is 2. The Balaban J connectivity index is 1.44. The van der Waals surface area contributed by atoms with Crippen LogP contribution >= 0.6 is 11.6 Å². The summed E-state index contributed by atoms with van der Waals surface area (Å²) in [7, 11) is 0. The molecular weight excluding hydrogens is 450 g/mol. The second kappa shape index (κ2) is 7.85. The lowest BCUT2D eigenvalue weighted by atomic mass is 9.84. The summed E-state index contributed by atoms with van der Waals surface area (Å²) in [5, 5.41) is 3.48. The fourth-order valence-corrected chi connectivity index (χ4v) is 5.56. The van der Waals surface area contributed by atoms with Gasteiger partial charge in [0.05, 0.1) is 23.6 Å². The largest absolute Gasteiger partial charge is 0.357 e. The van der Waals surface area contributed by atoms with Crippen molar-refractivity contribution in [2.45, 2.75) is 12.1 Å². The van der Waals surface area contributed by atoms with E-state index in [2.05, 4.69) is 5.32 Å². The zero-order valence-corrected chi connectivity index (χ0v) is 18.7. The first-order valence-electron chi connectivity index (χ1n) is 11.1. The molecule has 34 heavy (non-hydrogen) atoms. The van der Waals surface area contributed by atoms with Crippen LogP contribution in [0.3, 0.4) is 0 Å². The van der Waals surface area contributed by atoms with Gasteiger partial charge >= 0.3 is 0 Å². The summed E-state index contributed by atoms with van der Waals surface area (Å²) in [4.78, 5) is 44.2. The highest BCUT2D eigenvalue weighted by atomic mass is 35.5. The fraction of sp³-hybridized carbons (Fsp3) is 0.148. The van der Waals surface area contributed by atoms with Crippen molar-refractivity contribution in [3.05, 3.63) is 101 Å². The van der Waals surface area contributed by atoms with Crippen molar-refractivity contribution in [2.75, 3.05) is 10.2 Å². The van der Waals surface area contributed by atoms with E-state index in [4.69, 9.17) is 11.6 Å². The number of carbonyl (C=O) groups is 3. The first kappa shape index (κ1) is 20.7. The van der Waals surface area contributed by atoms with Crippen LogP contribution in [0.2, 0.25) is 5.02 Å². The normalized spacial score (nSPS) is 24.6. The number of amides is 3. The van der Waals surface area contributed by atoms with Crippen LogP contribution in [0.4, 0.5) is 11.4 Å². The van der Waals surface area contributed by atoms with Gasteiger partial charge in [0, 0.05) is 16.9 Å². The lowest BCUT2D eigenvalue weighted by Crippen LogP contribution is -2.46. The van der Waals surface area contributed by atoms with Crippen molar-refractivity contribution in [2.24, 2.45) is 11.8 Å². The Bertz CT molecular complexity index is 1340. The minimum absolute atomic E-state index is 0.275. The van der Waals surface area contributed by atoms with Crippen LogP contribution in [0, 0.1) is 11.8 Å². The van der Waals surface area contributed by atoms with E-state index >= 15 is 0 Å². The molecule has 0 aliphatic carbocycles. The Morgan fingerprint density at radius 3 is 2.26 bits per heavy atom. The van der Waals surface area contributed by atoms with Crippen LogP contribution in [0.15, 0.2) is 85.1 Å². The van der Waals surface area contributed by atoms with Gasteiger partial charge in [-0.05, 0) is 53.6 Å². The van der Waals surface area contributed by atoms with Crippen LogP contribution in [0.1, 0.15) is 17.2 Å². The number of imide groups is 1. The lowest BCUT2D eigenvalue weighted by molar-refractivity contribution is -0.128. The second-order valence-electron chi connectivity index (χ2n) is 8.68. The molecule has 2 fully saturated rings. The van der Waals surface area contributed by atoms with Gasteiger partial charge in [0.2, 0.25) is 17.7 Å². The maximum atomic E-state index is 13.7. The smallest absolute Gasteiger partial charge is 0.247 e. The Kier molecular flexibility index (Phi) is 4.78. The van der Waals surface area contributed by atoms with Crippen LogP contribution < -0.4 is 10.2 Å². The van der Waals surface area contributed by atoms with Crippen LogP contribution in [0.25, 0.3) is 6.08 Å². The molecular formula is C27H20ClN3O3. The van der Waals surface area contributed by atoms with E-state index in [0.29, 0.717) is 16.4 Å². The lowest BCUT2D eigenvalue weighted by Gasteiger charge is -2.35. The number of halogens is 1. The predicted molar refractivity (Wildman–Crippen MR) is 130 cm³/mol. The summed E-state index contributed by atoms with van der Waals surface area (Å²) in [5.41, 5.74) is 3.03. The minimum atomic E-state index is -0.833. The predicted octanol–water partition coefficient (Wildman–Crippen LogP) is 4.49. The number of hydrogen-bond acceptors (Lipinski definition) is 4. The van der Waals surface area contributed by atoms with Gasteiger partial charge < -0.3 is 10.2 Å². The van der Waals surface area contributed by atoms with Gasteiger partial charge in [0.15, 0.2) is 0 Å². The van der Waals surface area contributed by atoms with E-state index in [1.54, 1.807) is 48.5 Å². The molecule has 3 aliphatic rings. The molecule has 4 unspecified atom stereocenters. The van der Waals surface area contributed by atoms with Gasteiger partial charge in [0.25, 0.3) is 0 Å². The maximum absolute atomic E-state index is 13.7. The monoisotopic (exact) mass is 469 g/mol. The molecule has 3 amide bonds. The molecule has 3 aromatic carbocycles. The van der Waals surface area contributed by atoms with Crippen LogP contribution in [0.5, 0.6) is 0 Å². The molecule has 3 heterocycles. The number of nitrogens with one attached hydrogen (secondary N) is 1. The summed E-state index contributed by atoms with van der Waals surface area (Å²) in [6, 6.07) is 22.3. The van der Waals surface area contributed by atoms with Gasteiger partial charge in [0.1, 0.15) is 6.04 Å². The summed E-state index contributed by atoms with van der Waals surface area (Å²) in [5.74, 6) is -2.43. The number of benzene rings is 3. The summed E-state index contributed by atoms with van der Waals surface area (Å²) in [6.07, 6.45) is 3.77. The molecule has 0 bridgehead atoms. The average Bonchev–Trinajstić information content (AvgIpc) is 3.33. The molecule has 3 aromatic rings. The SMILES string of the molecule is O=C(Nc1ccc(Cl)cc1)C1C2C(=O)N(c3ccccc3)C(=O)C2C2c3ccccc3C=CN12. The standard InChI is InChI=1S/C27H20ClN3O3/c28-17-10-12-18(13-11-17)29-25(32)24-22-21(23-20-9-5-4-6-16(20)14-15-30(23)24)26(33)31(27(22)34)19-7-2-1-3-8-19/h1-15,21-24H,(H,29,32). The fourth-order valence-electron chi connectivity index (χ4n) is 5.44. The number of fused-ring (bicyclic) bond motifs is 5. The third-order valence-corrected chi connectivity index (χ3v) is 7.11. The number of carbonyl (C=O) groups excluding carboxylic acids is 3. The maximum Gasteiger partial charge on any atom is 0.247 e. The molecule has 1 N–H and O–H groups in total. The van der Waals surface area contributed by atoms with Gasteiger partial charge in [-0.25, -0.2) is 4.90 Å². The van der Waals surface area contributed by atoms with Gasteiger partial charge in [-0.3, -0.25) is 14.4 Å². The Morgan fingerprint density at radius 2 is 1.50 bits per heavy atom. The number of hydrogen-bond donors (Lipinski definition) is 1. The van der Waals surface area contributed by atoms with Crippen LogP contribution in [-0.2, 0) is 14.4 Å². The highest BCUT2D eigenvalue weighted by Crippen LogP contribution is 2.53. The molecule has 0 radical (unpaired) electrons. The Labute approximate surface area is 201 Å². The zero-order valence-electron chi connectivity index (χ0n) is 18.0. The van der Waals surface area contributed by atoms with Crippen LogP contribution in [-0.4, -0.2) is 28.7 Å². The van der Waals surface area contributed by atoms with E-state index in [-0.39, 0.29) is 17.7 Å². The highest BCUT2D eigenvalue weighted by molar-refractivity contribution is 6.30. The second-order valence-corrected chi connectivity index (χ2v) is 9.11. The molecule has 0 aromatic heterocycles. The third-order valence-electron chi connectivity index (χ3n) is 6.86. The van der Waals surface area contributed by atoms with Crippen molar-refractivity contribution in [1.82, 2.24) is 4.90 Å². The van der Waals surface area contributed by atoms with Crippen molar-refractivity contribution < 1.29 is 14.4 Å². The molecule has 4 atom stereocenters. The van der Waals surface area contributed by atoms with Crippen molar-refractivity contribution in [3.8, 4) is 0 Å².